The molecule has 1 heterocycles. The third-order valence-electron chi connectivity index (χ3n) is 3.78. The Balaban J connectivity index is 1.45. The number of aromatic nitrogens is 1. The van der Waals surface area contributed by atoms with Gasteiger partial charge in [0, 0.05) is 23.9 Å². The lowest BCUT2D eigenvalue weighted by molar-refractivity contribution is -0.127. The Hall–Kier alpha value is -2.77. The number of hydrogen-bond acceptors (Lipinski definition) is 6. The Kier molecular flexibility index (Phi) is 6.51. The summed E-state index contributed by atoms with van der Waals surface area (Å²) in [5, 5.41) is 1.09. The lowest BCUT2D eigenvalue weighted by Crippen LogP contribution is -2.34. The predicted octanol–water partition coefficient (Wildman–Crippen LogP) is 3.39. The van der Waals surface area contributed by atoms with Gasteiger partial charge in [0.15, 0.2) is 0 Å². The van der Waals surface area contributed by atoms with Gasteiger partial charge in [-0.15, -0.1) is 11.8 Å². The zero-order valence-corrected chi connectivity index (χ0v) is 15.8. The van der Waals surface area contributed by atoms with Gasteiger partial charge in [0.2, 0.25) is 11.8 Å². The van der Waals surface area contributed by atoms with Crippen LogP contribution in [0.2, 0.25) is 0 Å². The minimum Gasteiger partial charge on any atom is -0.493 e. The van der Waals surface area contributed by atoms with E-state index in [9.17, 15) is 4.79 Å². The van der Waals surface area contributed by atoms with E-state index in [0.717, 1.165) is 26.9 Å². The first-order valence-corrected chi connectivity index (χ1v) is 9.47. The number of hydrazine groups is 1. The molecule has 0 radical (unpaired) electrons. The highest BCUT2D eigenvalue weighted by Crippen LogP contribution is 2.22. The summed E-state index contributed by atoms with van der Waals surface area (Å²) < 4.78 is 11.3. The maximum Gasteiger partial charge on any atom is 0.246 e. The number of amides is 1. The number of carbonyl (C=O) groups is 1. The fourth-order valence-corrected chi connectivity index (χ4v) is 3.11. The van der Waals surface area contributed by atoms with Gasteiger partial charge in [0.25, 0.3) is 0 Å². The average Bonchev–Trinajstić information content (AvgIpc) is 3.16. The van der Waals surface area contributed by atoms with Crippen molar-refractivity contribution in [1.29, 1.82) is 0 Å². The summed E-state index contributed by atoms with van der Waals surface area (Å²) in [7, 11) is 1.54. The molecule has 6 nitrogen and oxygen atoms in total. The zero-order valence-electron chi connectivity index (χ0n) is 15.0. The molecular formula is C20H21N3O3S. The second-order valence-electron chi connectivity index (χ2n) is 5.87. The molecule has 27 heavy (non-hydrogen) atoms. The number of benzene rings is 2. The molecular weight excluding hydrogens is 362 g/mol. The van der Waals surface area contributed by atoms with Crippen LogP contribution < -0.4 is 10.6 Å². The number of hydrogen-bond donors (Lipinski definition) is 1. The van der Waals surface area contributed by atoms with Gasteiger partial charge in [-0.2, -0.15) is 0 Å². The molecule has 140 valence electrons. The highest BCUT2D eigenvalue weighted by molar-refractivity contribution is 8.00. The van der Waals surface area contributed by atoms with Gasteiger partial charge < -0.3 is 9.15 Å². The van der Waals surface area contributed by atoms with Gasteiger partial charge in [0.1, 0.15) is 12.0 Å². The predicted molar refractivity (Wildman–Crippen MR) is 105 cm³/mol. The standard InChI is InChI=1S/C20H21N3O3S/c1-23(21)19(24)14-27-18-9-7-17(8-10-18)25-12-11-16-13-26-20(22-16)15-5-3-2-4-6-15/h2-10,13H,11-12,14,21H2,1H3. The maximum atomic E-state index is 11.5. The van der Waals surface area contributed by atoms with Crippen LogP contribution >= 0.6 is 11.8 Å². The Morgan fingerprint density at radius 2 is 1.93 bits per heavy atom. The summed E-state index contributed by atoms with van der Waals surface area (Å²) >= 11 is 1.44. The average molecular weight is 383 g/mol. The molecule has 0 aliphatic carbocycles. The van der Waals surface area contributed by atoms with Crippen LogP contribution in [0.15, 0.2) is 70.2 Å². The van der Waals surface area contributed by atoms with Crippen molar-refractivity contribution in [2.75, 3.05) is 19.4 Å². The van der Waals surface area contributed by atoms with Crippen molar-refractivity contribution in [1.82, 2.24) is 9.99 Å². The van der Waals surface area contributed by atoms with E-state index < -0.39 is 0 Å². The van der Waals surface area contributed by atoms with Crippen LogP contribution in [0.5, 0.6) is 5.75 Å². The first-order valence-electron chi connectivity index (χ1n) is 8.48. The Morgan fingerprint density at radius 1 is 1.19 bits per heavy atom. The molecule has 1 aromatic heterocycles. The molecule has 0 spiro atoms. The molecule has 2 N–H and O–H groups in total. The van der Waals surface area contributed by atoms with Gasteiger partial charge >= 0.3 is 0 Å². The molecule has 0 atom stereocenters. The Labute approximate surface area is 162 Å². The third kappa shape index (κ3) is 5.60. The SMILES string of the molecule is CN(N)C(=O)CSc1ccc(OCCc2coc(-c3ccccc3)n2)cc1. The molecule has 0 aliphatic rings. The molecule has 0 unspecified atom stereocenters. The minimum atomic E-state index is -0.122. The van der Waals surface area contributed by atoms with E-state index >= 15 is 0 Å². The van der Waals surface area contributed by atoms with E-state index in [1.807, 2.05) is 54.6 Å². The number of rotatable bonds is 8. The van der Waals surface area contributed by atoms with Gasteiger partial charge in [-0.1, -0.05) is 18.2 Å². The van der Waals surface area contributed by atoms with Crippen LogP contribution in [0, 0.1) is 0 Å². The van der Waals surface area contributed by atoms with Crippen LogP contribution in [-0.2, 0) is 11.2 Å². The van der Waals surface area contributed by atoms with Crippen molar-refractivity contribution >= 4 is 17.7 Å². The number of oxazole rings is 1. The highest BCUT2D eigenvalue weighted by Gasteiger charge is 2.07. The van der Waals surface area contributed by atoms with Crippen LogP contribution in [0.1, 0.15) is 5.69 Å². The molecule has 0 saturated heterocycles. The molecule has 3 aromatic rings. The summed E-state index contributed by atoms with van der Waals surface area (Å²) in [5.41, 5.74) is 1.81. The van der Waals surface area contributed by atoms with Crippen LogP contribution in [0.3, 0.4) is 0 Å². The monoisotopic (exact) mass is 383 g/mol. The fraction of sp³-hybridized carbons (Fsp3) is 0.200. The molecule has 3 rings (SSSR count). The smallest absolute Gasteiger partial charge is 0.246 e. The molecule has 7 heteroatoms. The normalized spacial score (nSPS) is 10.6. The molecule has 2 aromatic carbocycles. The lowest BCUT2D eigenvalue weighted by Gasteiger charge is -2.09. The summed E-state index contributed by atoms with van der Waals surface area (Å²) in [6.45, 7) is 0.504. The third-order valence-corrected chi connectivity index (χ3v) is 4.78. The van der Waals surface area contributed by atoms with Gasteiger partial charge in [-0.05, 0) is 36.4 Å². The first kappa shape index (κ1) is 19.0. The second kappa shape index (κ2) is 9.25. The van der Waals surface area contributed by atoms with E-state index in [4.69, 9.17) is 15.0 Å². The van der Waals surface area contributed by atoms with E-state index in [2.05, 4.69) is 4.98 Å². The highest BCUT2D eigenvalue weighted by atomic mass is 32.2. The first-order chi connectivity index (χ1) is 13.1. The van der Waals surface area contributed by atoms with Crippen molar-refractivity contribution < 1.29 is 13.9 Å². The van der Waals surface area contributed by atoms with Gasteiger partial charge in [-0.25, -0.2) is 10.8 Å². The van der Waals surface area contributed by atoms with E-state index in [1.165, 1.54) is 18.8 Å². The van der Waals surface area contributed by atoms with Gasteiger partial charge in [0.05, 0.1) is 18.1 Å². The number of carbonyl (C=O) groups excluding carboxylic acids is 1. The summed E-state index contributed by atoms with van der Waals surface area (Å²) in [5.74, 6) is 6.97. The summed E-state index contributed by atoms with van der Waals surface area (Å²) in [4.78, 5) is 17.0. The number of thioether (sulfide) groups is 1. The fourth-order valence-electron chi connectivity index (χ4n) is 2.29. The molecule has 0 saturated carbocycles. The van der Waals surface area contributed by atoms with Gasteiger partial charge in [-0.3, -0.25) is 9.80 Å². The van der Waals surface area contributed by atoms with Crippen LogP contribution in [0.4, 0.5) is 0 Å². The lowest BCUT2D eigenvalue weighted by atomic mass is 10.2. The van der Waals surface area contributed by atoms with Crippen LogP contribution in [0.25, 0.3) is 11.5 Å². The largest absolute Gasteiger partial charge is 0.493 e. The molecule has 0 fully saturated rings. The zero-order chi connectivity index (χ0) is 19.1. The minimum absolute atomic E-state index is 0.122. The Bertz CT molecular complexity index is 864. The van der Waals surface area contributed by atoms with Crippen molar-refractivity contribution in [3.63, 3.8) is 0 Å². The Morgan fingerprint density at radius 3 is 2.63 bits per heavy atom. The van der Waals surface area contributed by atoms with Crippen molar-refractivity contribution in [2.24, 2.45) is 5.84 Å². The quantitative estimate of drug-likeness (QED) is 0.278. The van der Waals surface area contributed by atoms with E-state index in [1.54, 1.807) is 6.26 Å². The van der Waals surface area contributed by atoms with E-state index in [0.29, 0.717) is 24.7 Å². The number of nitrogens with two attached hydrogens (primary N) is 1. The molecule has 1 amide bonds. The van der Waals surface area contributed by atoms with Crippen molar-refractivity contribution in [3.8, 4) is 17.2 Å². The summed E-state index contributed by atoms with van der Waals surface area (Å²) in [6, 6.07) is 17.4. The molecule has 0 bridgehead atoms. The maximum absolute atomic E-state index is 11.5. The van der Waals surface area contributed by atoms with Crippen molar-refractivity contribution in [3.05, 3.63) is 66.6 Å². The second-order valence-corrected chi connectivity index (χ2v) is 6.92. The molecule has 0 aliphatic heterocycles. The van der Waals surface area contributed by atoms with E-state index in [-0.39, 0.29) is 5.91 Å². The number of nitrogens with zero attached hydrogens (tertiary/aromatic N) is 2. The number of ether oxygens (including phenoxy) is 1. The topological polar surface area (TPSA) is 81.6 Å². The van der Waals surface area contributed by atoms with Crippen LogP contribution in [-0.4, -0.2) is 35.3 Å². The van der Waals surface area contributed by atoms with Crippen molar-refractivity contribution in [2.45, 2.75) is 11.3 Å². The summed E-state index contributed by atoms with van der Waals surface area (Å²) in [6.07, 6.45) is 2.32.